The fourth-order valence-electron chi connectivity index (χ4n) is 1.24. The summed E-state index contributed by atoms with van der Waals surface area (Å²) in [5.74, 6) is -4.74. The van der Waals surface area contributed by atoms with Gasteiger partial charge < -0.3 is 25.5 Å². The molecule has 1 aromatic rings. The van der Waals surface area contributed by atoms with Crippen LogP contribution < -0.4 is 0 Å². The average Bonchev–Trinajstić information content (AvgIpc) is 2.53. The van der Waals surface area contributed by atoms with Gasteiger partial charge in [0.2, 0.25) is 0 Å². The molecule has 142 valence electrons. The molecule has 1 aromatic carbocycles. The number of phenols is 1. The van der Waals surface area contributed by atoms with Crippen molar-refractivity contribution in [3.63, 3.8) is 0 Å². The number of nitro benzene ring substituents is 3. The van der Waals surface area contributed by atoms with Crippen LogP contribution in [0.4, 0.5) is 17.1 Å². The molecule has 0 aromatic heterocycles. The second kappa shape index (κ2) is 8.80. The van der Waals surface area contributed by atoms with E-state index in [1.807, 2.05) is 0 Å². The maximum absolute atomic E-state index is 10.4. The highest BCUT2D eigenvalue weighted by atomic mass is 16.6. The topological polar surface area (TPSA) is 265 Å². The first kappa shape index (κ1) is 22.1. The van der Waals surface area contributed by atoms with Gasteiger partial charge >= 0.3 is 23.3 Å². The molecule has 0 saturated heterocycles. The summed E-state index contributed by atoms with van der Waals surface area (Å²) in [4.78, 5) is 47.3. The van der Waals surface area contributed by atoms with Crippen molar-refractivity contribution in [1.29, 1.82) is 0 Å². The minimum absolute atomic E-state index is 0.447. The van der Waals surface area contributed by atoms with E-state index in [1.165, 1.54) is 0 Å². The number of aliphatic hydroxyl groups excluding tert-OH is 2. The quantitative estimate of drug-likeness (QED) is 0.293. The summed E-state index contributed by atoms with van der Waals surface area (Å²) in [5.41, 5.74) is -3.00. The predicted molar refractivity (Wildman–Crippen MR) is 75.4 cm³/mol. The number of carboxylic acids is 2. The SMILES string of the molecule is O=C(O)C(O)C(O)C(=O)O.O=[N+]([O-])c1cc([N+](=O)[O-])c(O)c([N+](=O)[O-])c1. The number of hydrogen-bond acceptors (Lipinski definition) is 11. The number of aliphatic carboxylic acids is 2. The van der Waals surface area contributed by atoms with E-state index < -0.39 is 61.7 Å². The van der Waals surface area contributed by atoms with E-state index in [2.05, 4.69) is 0 Å². The normalized spacial score (nSPS) is 12.1. The van der Waals surface area contributed by atoms with Crippen molar-refractivity contribution in [1.82, 2.24) is 0 Å². The number of nitro groups is 3. The molecule has 0 saturated carbocycles. The largest absolute Gasteiger partial charge is 0.497 e. The molecule has 0 aliphatic heterocycles. The van der Waals surface area contributed by atoms with Gasteiger partial charge in [-0.3, -0.25) is 30.3 Å². The van der Waals surface area contributed by atoms with Gasteiger partial charge in [0.05, 0.1) is 26.9 Å². The third-order valence-electron chi connectivity index (χ3n) is 2.46. The Bertz CT molecular complexity index is 708. The first-order chi connectivity index (χ1) is 11.8. The number of rotatable bonds is 6. The maximum atomic E-state index is 10.4. The average molecular weight is 379 g/mol. The molecule has 16 heteroatoms. The van der Waals surface area contributed by atoms with Gasteiger partial charge in [-0.25, -0.2) is 9.59 Å². The van der Waals surface area contributed by atoms with Gasteiger partial charge in [-0.05, 0) is 0 Å². The molecule has 0 bridgehead atoms. The second-order valence-electron chi connectivity index (χ2n) is 4.17. The lowest BCUT2D eigenvalue weighted by molar-refractivity contribution is -0.404. The highest BCUT2D eigenvalue weighted by molar-refractivity contribution is 5.83. The number of aromatic hydroxyl groups is 1. The lowest BCUT2D eigenvalue weighted by Crippen LogP contribution is -2.39. The van der Waals surface area contributed by atoms with Crippen molar-refractivity contribution in [2.45, 2.75) is 12.2 Å². The van der Waals surface area contributed by atoms with Crippen LogP contribution >= 0.6 is 0 Å². The van der Waals surface area contributed by atoms with Crippen molar-refractivity contribution in [2.75, 3.05) is 0 Å². The van der Waals surface area contributed by atoms with Gasteiger partial charge in [-0.15, -0.1) is 0 Å². The van der Waals surface area contributed by atoms with E-state index in [1.54, 1.807) is 0 Å². The fraction of sp³-hybridized carbons (Fsp3) is 0.200. The molecule has 26 heavy (non-hydrogen) atoms. The van der Waals surface area contributed by atoms with E-state index in [-0.39, 0.29) is 0 Å². The number of carbonyl (C=O) groups is 2. The van der Waals surface area contributed by atoms with Crippen molar-refractivity contribution in [2.24, 2.45) is 0 Å². The number of nitrogens with zero attached hydrogens (tertiary/aromatic N) is 3. The number of phenolic OH excluding ortho intramolecular Hbond substituents is 1. The highest BCUT2D eigenvalue weighted by Crippen LogP contribution is 2.38. The summed E-state index contributed by atoms with van der Waals surface area (Å²) >= 11 is 0. The lowest BCUT2D eigenvalue weighted by atomic mass is 10.2. The van der Waals surface area contributed by atoms with Crippen LogP contribution in [0.15, 0.2) is 12.1 Å². The summed E-state index contributed by atoms with van der Waals surface area (Å²) in [6.45, 7) is 0. The van der Waals surface area contributed by atoms with Gasteiger partial charge in [0.15, 0.2) is 12.2 Å². The van der Waals surface area contributed by atoms with Gasteiger partial charge in [0.1, 0.15) is 0 Å². The highest BCUT2D eigenvalue weighted by Gasteiger charge is 2.30. The van der Waals surface area contributed by atoms with Crippen molar-refractivity contribution in [3.05, 3.63) is 42.5 Å². The first-order valence-corrected chi connectivity index (χ1v) is 5.93. The third kappa shape index (κ3) is 5.62. The van der Waals surface area contributed by atoms with Gasteiger partial charge in [0.25, 0.3) is 11.4 Å². The standard InChI is InChI=1S/C6H3N3O7.C4H6O6/c10-6-4(8(13)14)1-3(7(11)12)2-5(6)9(15)16;5-1(3(7)8)2(6)4(9)10/h1-2,10H;1-2,5-6H,(H,7,8)(H,9,10). The van der Waals surface area contributed by atoms with E-state index in [4.69, 9.17) is 25.5 Å². The Morgan fingerprint density at radius 3 is 1.31 bits per heavy atom. The Kier molecular flexibility index (Phi) is 7.47. The summed E-state index contributed by atoms with van der Waals surface area (Å²) in [5, 5.41) is 72.7. The predicted octanol–water partition coefficient (Wildman–Crippen LogP) is -1.01. The molecular weight excluding hydrogens is 370 g/mol. The zero-order chi connectivity index (χ0) is 20.8. The fourth-order valence-corrected chi connectivity index (χ4v) is 1.24. The van der Waals surface area contributed by atoms with Crippen LogP contribution in [0.25, 0.3) is 0 Å². The molecule has 0 spiro atoms. The number of carboxylic acid groups (broad SMARTS) is 2. The van der Waals surface area contributed by atoms with Gasteiger partial charge in [-0.1, -0.05) is 0 Å². The van der Waals surface area contributed by atoms with E-state index in [0.717, 1.165) is 0 Å². The van der Waals surface area contributed by atoms with Gasteiger partial charge in [-0.2, -0.15) is 0 Å². The Balaban J connectivity index is 0.000000541. The molecule has 2 atom stereocenters. The molecular formula is C10H9N3O13. The second-order valence-corrected chi connectivity index (χ2v) is 4.17. The van der Waals surface area contributed by atoms with Crippen LogP contribution in [-0.2, 0) is 9.59 Å². The molecule has 16 nitrogen and oxygen atoms in total. The van der Waals surface area contributed by atoms with E-state index in [0.29, 0.717) is 12.1 Å². The Morgan fingerprint density at radius 2 is 1.12 bits per heavy atom. The molecule has 0 fully saturated rings. The van der Waals surface area contributed by atoms with Crippen molar-refractivity contribution in [3.8, 4) is 5.75 Å². The number of hydrogen-bond donors (Lipinski definition) is 5. The van der Waals surface area contributed by atoms with Crippen LogP contribution in [0.2, 0.25) is 0 Å². The van der Waals surface area contributed by atoms with Crippen molar-refractivity contribution >= 4 is 29.0 Å². The Hall–Kier alpha value is -3.92. The minimum atomic E-state index is -2.27. The molecule has 0 aliphatic rings. The summed E-state index contributed by atoms with van der Waals surface area (Å²) in [7, 11) is 0. The summed E-state index contributed by atoms with van der Waals surface area (Å²) in [6.07, 6.45) is -4.53. The number of aliphatic hydroxyl groups is 2. The molecule has 2 unspecified atom stereocenters. The van der Waals surface area contributed by atoms with Crippen LogP contribution in [0.5, 0.6) is 5.75 Å². The maximum Gasteiger partial charge on any atom is 0.335 e. The lowest BCUT2D eigenvalue weighted by Gasteiger charge is -2.07. The van der Waals surface area contributed by atoms with E-state index in [9.17, 15) is 39.9 Å². The van der Waals surface area contributed by atoms with Gasteiger partial charge in [0, 0.05) is 0 Å². The zero-order valence-electron chi connectivity index (χ0n) is 12.2. The molecule has 0 aliphatic carbocycles. The van der Waals surface area contributed by atoms with Crippen LogP contribution in [0, 0.1) is 30.3 Å². The molecule has 1 rings (SSSR count). The molecule has 0 amide bonds. The van der Waals surface area contributed by atoms with Crippen LogP contribution in [-0.4, -0.2) is 64.4 Å². The monoisotopic (exact) mass is 379 g/mol. The minimum Gasteiger partial charge on any atom is -0.497 e. The smallest absolute Gasteiger partial charge is 0.335 e. The number of benzene rings is 1. The molecule has 5 N–H and O–H groups in total. The number of non-ortho nitro benzene ring substituents is 1. The Labute approximate surface area is 140 Å². The molecule has 0 radical (unpaired) electrons. The summed E-state index contributed by atoms with van der Waals surface area (Å²) < 4.78 is 0. The van der Waals surface area contributed by atoms with Crippen LogP contribution in [0.3, 0.4) is 0 Å². The zero-order valence-corrected chi connectivity index (χ0v) is 12.2. The van der Waals surface area contributed by atoms with Crippen molar-refractivity contribution < 1.29 is 49.9 Å². The first-order valence-electron chi connectivity index (χ1n) is 5.93. The third-order valence-corrected chi connectivity index (χ3v) is 2.46. The summed E-state index contributed by atoms with van der Waals surface area (Å²) in [6, 6.07) is 0.894. The Morgan fingerprint density at radius 1 is 0.808 bits per heavy atom. The molecule has 0 heterocycles. The van der Waals surface area contributed by atoms with Crippen LogP contribution in [0.1, 0.15) is 0 Å². The van der Waals surface area contributed by atoms with E-state index >= 15 is 0 Å².